The Morgan fingerprint density at radius 3 is 2.68 bits per heavy atom. The van der Waals surface area contributed by atoms with Crippen molar-refractivity contribution < 1.29 is 23.6 Å². The van der Waals surface area contributed by atoms with E-state index in [4.69, 9.17) is 9.26 Å². The maximum atomic E-state index is 12.4. The Kier molecular flexibility index (Phi) is 5.77. The zero-order chi connectivity index (χ0) is 20.3. The van der Waals surface area contributed by atoms with Gasteiger partial charge in [-0.15, -0.1) is 0 Å². The standard InChI is InChI=1S/C20H23N3O5/c1-4-14-5-7-16(8-6-14)23-11-15(10-18(23)24)20(26)27-13(3)19(25)21-17-9-12(2)22-28-17/h5-9,13,15H,4,10-11H2,1-3H3,(H,21,25). The molecule has 2 unspecified atom stereocenters. The Morgan fingerprint density at radius 1 is 1.36 bits per heavy atom. The number of hydrogen-bond acceptors (Lipinski definition) is 6. The number of rotatable bonds is 6. The molecule has 1 saturated heterocycles. The predicted octanol–water partition coefficient (Wildman–Crippen LogP) is 2.47. The number of anilines is 2. The van der Waals surface area contributed by atoms with Crippen LogP contribution in [0.4, 0.5) is 11.6 Å². The second-order valence-corrected chi connectivity index (χ2v) is 6.83. The largest absolute Gasteiger partial charge is 0.452 e. The molecule has 2 amide bonds. The lowest BCUT2D eigenvalue weighted by Crippen LogP contribution is -2.33. The molecule has 8 heteroatoms. The number of ether oxygens (including phenoxy) is 1. The van der Waals surface area contributed by atoms with Crippen molar-refractivity contribution in [2.75, 3.05) is 16.8 Å². The van der Waals surface area contributed by atoms with Crippen molar-refractivity contribution >= 4 is 29.4 Å². The van der Waals surface area contributed by atoms with Crippen molar-refractivity contribution in [3.05, 3.63) is 41.6 Å². The smallest absolute Gasteiger partial charge is 0.312 e. The van der Waals surface area contributed by atoms with Crippen LogP contribution in [-0.4, -0.2) is 35.6 Å². The van der Waals surface area contributed by atoms with Crippen LogP contribution in [0.25, 0.3) is 0 Å². The Balaban J connectivity index is 1.56. The molecule has 28 heavy (non-hydrogen) atoms. The molecule has 3 rings (SSSR count). The summed E-state index contributed by atoms with van der Waals surface area (Å²) in [4.78, 5) is 38.5. The van der Waals surface area contributed by atoms with E-state index in [0.717, 1.165) is 12.1 Å². The highest BCUT2D eigenvalue weighted by Crippen LogP contribution is 2.26. The lowest BCUT2D eigenvalue weighted by Gasteiger charge is -2.18. The number of nitrogens with zero attached hydrogens (tertiary/aromatic N) is 2. The van der Waals surface area contributed by atoms with E-state index < -0.39 is 23.9 Å². The fourth-order valence-corrected chi connectivity index (χ4v) is 3.00. The molecule has 2 aromatic rings. The number of aromatic nitrogens is 1. The normalized spacial score (nSPS) is 17.5. The summed E-state index contributed by atoms with van der Waals surface area (Å²) in [7, 11) is 0. The van der Waals surface area contributed by atoms with Crippen molar-refractivity contribution in [2.45, 2.75) is 39.7 Å². The third-order valence-corrected chi connectivity index (χ3v) is 4.65. The first-order chi connectivity index (χ1) is 13.4. The molecule has 8 nitrogen and oxygen atoms in total. The van der Waals surface area contributed by atoms with Gasteiger partial charge in [-0.2, -0.15) is 0 Å². The number of hydrogen-bond donors (Lipinski definition) is 1. The molecule has 1 aromatic heterocycles. The van der Waals surface area contributed by atoms with E-state index in [-0.39, 0.29) is 24.8 Å². The summed E-state index contributed by atoms with van der Waals surface area (Å²) in [5.74, 6) is -1.66. The van der Waals surface area contributed by atoms with Gasteiger partial charge in [0.05, 0.1) is 11.6 Å². The van der Waals surface area contributed by atoms with Gasteiger partial charge in [-0.3, -0.25) is 19.7 Å². The highest BCUT2D eigenvalue weighted by molar-refractivity contribution is 6.00. The molecule has 1 aliphatic rings. The first-order valence-electron chi connectivity index (χ1n) is 9.21. The number of carbonyl (C=O) groups is 3. The highest BCUT2D eigenvalue weighted by Gasteiger charge is 2.37. The third-order valence-electron chi connectivity index (χ3n) is 4.65. The molecule has 0 saturated carbocycles. The van der Waals surface area contributed by atoms with Crippen LogP contribution in [0.5, 0.6) is 0 Å². The van der Waals surface area contributed by atoms with Gasteiger partial charge < -0.3 is 14.2 Å². The van der Waals surface area contributed by atoms with E-state index in [0.29, 0.717) is 5.69 Å². The first kappa shape index (κ1) is 19.6. The molecule has 1 aliphatic heterocycles. The molecule has 148 valence electrons. The molecule has 1 N–H and O–H groups in total. The van der Waals surface area contributed by atoms with E-state index in [1.54, 1.807) is 17.9 Å². The van der Waals surface area contributed by atoms with Crippen LogP contribution in [0.1, 0.15) is 31.5 Å². The molecular weight excluding hydrogens is 362 g/mol. The number of carbonyl (C=O) groups excluding carboxylic acids is 3. The Morgan fingerprint density at radius 2 is 2.07 bits per heavy atom. The minimum Gasteiger partial charge on any atom is -0.452 e. The van der Waals surface area contributed by atoms with E-state index in [9.17, 15) is 14.4 Å². The van der Waals surface area contributed by atoms with Gasteiger partial charge in [0, 0.05) is 24.7 Å². The van der Waals surface area contributed by atoms with Crippen LogP contribution in [0.2, 0.25) is 0 Å². The summed E-state index contributed by atoms with van der Waals surface area (Å²) in [6.45, 7) is 5.48. The molecule has 0 bridgehead atoms. The fourth-order valence-electron chi connectivity index (χ4n) is 3.00. The van der Waals surface area contributed by atoms with Crippen molar-refractivity contribution in [1.82, 2.24) is 5.16 Å². The van der Waals surface area contributed by atoms with E-state index >= 15 is 0 Å². The van der Waals surface area contributed by atoms with E-state index in [1.165, 1.54) is 12.5 Å². The zero-order valence-electron chi connectivity index (χ0n) is 16.1. The molecule has 2 atom stereocenters. The lowest BCUT2D eigenvalue weighted by molar-refractivity contribution is -0.157. The second-order valence-electron chi connectivity index (χ2n) is 6.83. The van der Waals surface area contributed by atoms with Gasteiger partial charge in [0.25, 0.3) is 5.91 Å². The Bertz CT molecular complexity index is 874. The van der Waals surface area contributed by atoms with Gasteiger partial charge in [-0.05, 0) is 38.0 Å². The van der Waals surface area contributed by atoms with Crippen LogP contribution in [0, 0.1) is 12.8 Å². The number of nitrogens with one attached hydrogen (secondary N) is 1. The first-order valence-corrected chi connectivity index (χ1v) is 9.21. The number of aryl methyl sites for hydroxylation is 2. The quantitative estimate of drug-likeness (QED) is 0.767. The minimum atomic E-state index is -1.02. The van der Waals surface area contributed by atoms with E-state index in [2.05, 4.69) is 17.4 Å². The summed E-state index contributed by atoms with van der Waals surface area (Å²) < 4.78 is 10.2. The summed E-state index contributed by atoms with van der Waals surface area (Å²) >= 11 is 0. The SMILES string of the molecule is CCc1ccc(N2CC(C(=O)OC(C)C(=O)Nc3cc(C)no3)CC2=O)cc1. The average molecular weight is 385 g/mol. The van der Waals surface area contributed by atoms with Crippen LogP contribution in [0.15, 0.2) is 34.9 Å². The van der Waals surface area contributed by atoms with Crippen molar-refractivity contribution in [2.24, 2.45) is 5.92 Å². The fraction of sp³-hybridized carbons (Fsp3) is 0.400. The van der Waals surface area contributed by atoms with Crippen LogP contribution in [-0.2, 0) is 25.5 Å². The molecule has 2 heterocycles. The molecule has 1 aromatic carbocycles. The summed E-state index contributed by atoms with van der Waals surface area (Å²) in [6.07, 6.45) is -0.0493. The summed E-state index contributed by atoms with van der Waals surface area (Å²) in [5, 5.41) is 6.16. The highest BCUT2D eigenvalue weighted by atomic mass is 16.5. The lowest BCUT2D eigenvalue weighted by atomic mass is 10.1. The third kappa shape index (κ3) is 4.39. The number of benzene rings is 1. The molecule has 1 fully saturated rings. The monoisotopic (exact) mass is 385 g/mol. The van der Waals surface area contributed by atoms with Crippen molar-refractivity contribution in [1.29, 1.82) is 0 Å². The van der Waals surface area contributed by atoms with Gasteiger partial charge >= 0.3 is 5.97 Å². The summed E-state index contributed by atoms with van der Waals surface area (Å²) in [6, 6.07) is 9.24. The summed E-state index contributed by atoms with van der Waals surface area (Å²) in [5.41, 5.74) is 2.55. The molecular formula is C20H23N3O5. The molecule has 0 spiro atoms. The van der Waals surface area contributed by atoms with E-state index in [1.807, 2.05) is 24.3 Å². The Labute approximate surface area is 162 Å². The molecule has 0 radical (unpaired) electrons. The maximum absolute atomic E-state index is 12.4. The van der Waals surface area contributed by atoms with Gasteiger partial charge in [0.15, 0.2) is 6.10 Å². The van der Waals surface area contributed by atoms with Gasteiger partial charge in [0.1, 0.15) is 0 Å². The van der Waals surface area contributed by atoms with Crippen molar-refractivity contribution in [3.8, 4) is 0 Å². The number of esters is 1. The predicted molar refractivity (Wildman–Crippen MR) is 102 cm³/mol. The Hall–Kier alpha value is -3.16. The molecule has 0 aliphatic carbocycles. The number of amides is 2. The van der Waals surface area contributed by atoms with Crippen LogP contribution >= 0.6 is 0 Å². The van der Waals surface area contributed by atoms with Crippen molar-refractivity contribution in [3.63, 3.8) is 0 Å². The zero-order valence-corrected chi connectivity index (χ0v) is 16.1. The van der Waals surface area contributed by atoms with Gasteiger partial charge in [-0.1, -0.05) is 24.2 Å². The maximum Gasteiger partial charge on any atom is 0.312 e. The average Bonchev–Trinajstić information content (AvgIpc) is 3.27. The second kappa shape index (κ2) is 8.24. The van der Waals surface area contributed by atoms with Crippen LogP contribution in [0.3, 0.4) is 0 Å². The van der Waals surface area contributed by atoms with Crippen LogP contribution < -0.4 is 10.2 Å². The minimum absolute atomic E-state index is 0.0595. The van der Waals surface area contributed by atoms with Gasteiger partial charge in [0.2, 0.25) is 11.8 Å². The topological polar surface area (TPSA) is 102 Å². The van der Waals surface area contributed by atoms with Gasteiger partial charge in [-0.25, -0.2) is 0 Å².